The Morgan fingerprint density at radius 2 is 1.76 bits per heavy atom. The minimum atomic E-state index is 0.0571. The summed E-state index contributed by atoms with van der Waals surface area (Å²) in [6.45, 7) is 1.97. The molecule has 0 amide bonds. The Morgan fingerprint density at radius 3 is 2.29 bits per heavy atom. The molecule has 2 aromatic rings. The molecule has 2 nitrogen and oxygen atoms in total. The zero-order valence-electron chi connectivity index (χ0n) is 9.43. The molecule has 0 aromatic carbocycles. The van der Waals surface area contributed by atoms with Crippen molar-refractivity contribution in [3.05, 3.63) is 44.3 Å². The molecule has 0 aliphatic carbocycles. The second-order valence-corrected chi connectivity index (χ2v) is 5.97. The van der Waals surface area contributed by atoms with Gasteiger partial charge in [-0.3, -0.25) is 9.59 Å². The third kappa shape index (κ3) is 3.11. The monoisotopic (exact) mass is 264 g/mol. The van der Waals surface area contributed by atoms with Crippen LogP contribution in [0.4, 0.5) is 0 Å². The number of Topliss-reactive ketones (excluding diaryl/α,β-unsaturated/α-hetero) is 2. The Kier molecular flexibility index (Phi) is 3.86. The van der Waals surface area contributed by atoms with Gasteiger partial charge in [0.1, 0.15) is 0 Å². The normalized spacial score (nSPS) is 10.4. The largest absolute Gasteiger partial charge is 0.293 e. The molecule has 0 radical (unpaired) electrons. The van der Waals surface area contributed by atoms with Crippen LogP contribution in [0.3, 0.4) is 0 Å². The predicted molar refractivity (Wildman–Crippen MR) is 71.3 cm³/mol. The summed E-state index contributed by atoms with van der Waals surface area (Å²) in [6.07, 6.45) is 0.604. The molecule has 0 saturated heterocycles. The highest BCUT2D eigenvalue weighted by Gasteiger charge is 2.12. The van der Waals surface area contributed by atoms with Gasteiger partial charge in [-0.2, -0.15) is 0 Å². The lowest BCUT2D eigenvalue weighted by atomic mass is 10.1. The van der Waals surface area contributed by atoms with Crippen molar-refractivity contribution in [3.63, 3.8) is 0 Å². The number of hydrogen-bond donors (Lipinski definition) is 0. The number of aryl methyl sites for hydroxylation is 1. The van der Waals surface area contributed by atoms with E-state index in [0.29, 0.717) is 12.8 Å². The van der Waals surface area contributed by atoms with E-state index in [1.807, 2.05) is 30.5 Å². The number of carbonyl (C=O) groups excluding carboxylic acids is 2. The molecule has 0 atom stereocenters. The van der Waals surface area contributed by atoms with E-state index >= 15 is 0 Å². The van der Waals surface area contributed by atoms with E-state index in [2.05, 4.69) is 0 Å². The first kappa shape index (κ1) is 12.2. The molecule has 0 spiro atoms. The summed E-state index contributed by atoms with van der Waals surface area (Å²) < 4.78 is 0. The van der Waals surface area contributed by atoms with Gasteiger partial charge >= 0.3 is 0 Å². The predicted octanol–water partition coefficient (Wildman–Crippen LogP) is 3.96. The molecule has 2 heterocycles. The Balaban J connectivity index is 1.91. The van der Waals surface area contributed by atoms with E-state index in [4.69, 9.17) is 0 Å². The lowest BCUT2D eigenvalue weighted by molar-refractivity contribution is 0.0921. The number of hydrogen-bond acceptors (Lipinski definition) is 4. The quantitative estimate of drug-likeness (QED) is 0.766. The molecular formula is C13H12O2S2. The van der Waals surface area contributed by atoms with Crippen molar-refractivity contribution in [1.29, 1.82) is 0 Å². The first-order valence-corrected chi connectivity index (χ1v) is 7.03. The highest BCUT2D eigenvalue weighted by molar-refractivity contribution is 7.14. The SMILES string of the molecule is Cc1ccc(C(=O)CCC(=O)c2cccs2)s1. The van der Waals surface area contributed by atoms with Crippen LogP contribution >= 0.6 is 22.7 Å². The van der Waals surface area contributed by atoms with Gasteiger partial charge in [0.25, 0.3) is 0 Å². The van der Waals surface area contributed by atoms with Crippen LogP contribution in [0, 0.1) is 6.92 Å². The number of rotatable bonds is 5. The molecular weight excluding hydrogens is 252 g/mol. The third-order valence-corrected chi connectivity index (χ3v) is 4.34. The third-order valence-electron chi connectivity index (χ3n) is 2.39. The Hall–Kier alpha value is -1.26. The van der Waals surface area contributed by atoms with Crippen LogP contribution in [-0.4, -0.2) is 11.6 Å². The first-order chi connectivity index (χ1) is 8.16. The molecule has 0 fully saturated rings. The zero-order chi connectivity index (χ0) is 12.3. The molecule has 88 valence electrons. The molecule has 4 heteroatoms. The van der Waals surface area contributed by atoms with Gasteiger partial charge in [-0.15, -0.1) is 22.7 Å². The van der Waals surface area contributed by atoms with E-state index in [-0.39, 0.29) is 11.6 Å². The van der Waals surface area contributed by atoms with Gasteiger partial charge in [-0.05, 0) is 30.5 Å². The van der Waals surface area contributed by atoms with Crippen molar-refractivity contribution in [1.82, 2.24) is 0 Å². The Morgan fingerprint density at radius 1 is 1.06 bits per heavy atom. The summed E-state index contributed by atoms with van der Waals surface area (Å²) in [4.78, 5) is 26.1. The lowest BCUT2D eigenvalue weighted by Crippen LogP contribution is -2.02. The fourth-order valence-corrected chi connectivity index (χ4v) is 3.02. The number of carbonyl (C=O) groups is 2. The molecule has 0 bridgehead atoms. The fraction of sp³-hybridized carbons (Fsp3) is 0.231. The minimum absolute atomic E-state index is 0.0571. The van der Waals surface area contributed by atoms with E-state index < -0.39 is 0 Å². The van der Waals surface area contributed by atoms with Crippen molar-refractivity contribution < 1.29 is 9.59 Å². The van der Waals surface area contributed by atoms with Crippen LogP contribution in [0.15, 0.2) is 29.6 Å². The smallest absolute Gasteiger partial charge is 0.173 e. The van der Waals surface area contributed by atoms with Crippen LogP contribution in [0.1, 0.15) is 37.1 Å². The summed E-state index contributed by atoms with van der Waals surface area (Å²) in [5.41, 5.74) is 0. The Bertz CT molecular complexity index is 523. The van der Waals surface area contributed by atoms with Crippen molar-refractivity contribution in [3.8, 4) is 0 Å². The molecule has 0 unspecified atom stereocenters. The van der Waals surface area contributed by atoms with Crippen LogP contribution in [-0.2, 0) is 0 Å². The van der Waals surface area contributed by atoms with Gasteiger partial charge in [0.2, 0.25) is 0 Å². The van der Waals surface area contributed by atoms with Crippen LogP contribution < -0.4 is 0 Å². The number of ketones is 2. The van der Waals surface area contributed by atoms with E-state index in [9.17, 15) is 9.59 Å². The molecule has 17 heavy (non-hydrogen) atoms. The molecule has 0 saturated carbocycles. The molecule has 2 aromatic heterocycles. The van der Waals surface area contributed by atoms with Gasteiger partial charge in [-0.25, -0.2) is 0 Å². The van der Waals surface area contributed by atoms with Gasteiger partial charge in [-0.1, -0.05) is 6.07 Å². The average Bonchev–Trinajstić information content (AvgIpc) is 2.95. The van der Waals surface area contributed by atoms with Crippen LogP contribution in [0.2, 0.25) is 0 Å². The minimum Gasteiger partial charge on any atom is -0.293 e. The standard InChI is InChI=1S/C13H12O2S2/c1-9-4-7-13(17-9)11(15)6-5-10(14)12-3-2-8-16-12/h2-4,7-8H,5-6H2,1H3. The zero-order valence-corrected chi connectivity index (χ0v) is 11.1. The van der Waals surface area contributed by atoms with Crippen LogP contribution in [0.25, 0.3) is 0 Å². The maximum atomic E-state index is 11.8. The highest BCUT2D eigenvalue weighted by atomic mass is 32.1. The second-order valence-electron chi connectivity index (χ2n) is 3.73. The molecule has 2 rings (SSSR count). The summed E-state index contributed by atoms with van der Waals surface area (Å²) in [5.74, 6) is 0.120. The van der Waals surface area contributed by atoms with Crippen molar-refractivity contribution in [2.24, 2.45) is 0 Å². The van der Waals surface area contributed by atoms with Gasteiger partial charge in [0.05, 0.1) is 9.75 Å². The summed E-state index contributed by atoms with van der Waals surface area (Å²) in [5, 5.41) is 1.87. The highest BCUT2D eigenvalue weighted by Crippen LogP contribution is 2.19. The van der Waals surface area contributed by atoms with Gasteiger partial charge < -0.3 is 0 Å². The molecule has 0 aliphatic heterocycles. The maximum Gasteiger partial charge on any atom is 0.173 e. The van der Waals surface area contributed by atoms with Gasteiger partial charge in [0, 0.05) is 17.7 Å². The summed E-state index contributed by atoms with van der Waals surface area (Å²) >= 11 is 2.91. The lowest BCUT2D eigenvalue weighted by Gasteiger charge is -1.97. The van der Waals surface area contributed by atoms with E-state index in [1.54, 1.807) is 6.07 Å². The van der Waals surface area contributed by atoms with E-state index in [0.717, 1.165) is 14.6 Å². The van der Waals surface area contributed by atoms with Gasteiger partial charge in [0.15, 0.2) is 11.6 Å². The van der Waals surface area contributed by atoms with Crippen molar-refractivity contribution in [2.75, 3.05) is 0 Å². The fourth-order valence-electron chi connectivity index (χ4n) is 1.50. The maximum absolute atomic E-state index is 11.8. The average molecular weight is 264 g/mol. The van der Waals surface area contributed by atoms with Crippen LogP contribution in [0.5, 0.6) is 0 Å². The van der Waals surface area contributed by atoms with E-state index in [1.165, 1.54) is 22.7 Å². The summed E-state index contributed by atoms with van der Waals surface area (Å²) in [7, 11) is 0. The van der Waals surface area contributed by atoms with Crippen molar-refractivity contribution in [2.45, 2.75) is 19.8 Å². The summed E-state index contributed by atoms with van der Waals surface area (Å²) in [6, 6.07) is 7.41. The van der Waals surface area contributed by atoms with Crippen molar-refractivity contribution >= 4 is 34.2 Å². The first-order valence-electron chi connectivity index (χ1n) is 5.33. The molecule has 0 aliphatic rings. The topological polar surface area (TPSA) is 34.1 Å². The second kappa shape index (κ2) is 5.38. The molecule has 0 N–H and O–H groups in total. The Labute approximate surface area is 108 Å². The number of thiophene rings is 2.